The molecule has 1 aliphatic rings. The molecule has 1 fully saturated rings. The molecule has 0 spiro atoms. The van der Waals surface area contributed by atoms with Gasteiger partial charge in [0.25, 0.3) is 0 Å². The van der Waals surface area contributed by atoms with Gasteiger partial charge in [-0.05, 0) is 49.7 Å². The molecule has 1 saturated heterocycles. The maximum atomic E-state index is 12.7. The molecule has 3 aromatic rings. The van der Waals surface area contributed by atoms with Gasteiger partial charge in [-0.25, -0.2) is 4.79 Å². The molecule has 7 heteroatoms. The molecule has 2 aromatic carbocycles. The molecule has 0 amide bonds. The molecule has 170 valence electrons. The van der Waals surface area contributed by atoms with E-state index in [1.54, 1.807) is 32.4 Å². The van der Waals surface area contributed by atoms with Crippen molar-refractivity contribution < 1.29 is 23.4 Å². The molecule has 0 aliphatic carbocycles. The molecule has 7 nitrogen and oxygen atoms in total. The number of morpholine rings is 1. The van der Waals surface area contributed by atoms with Crippen molar-refractivity contribution in [1.82, 2.24) is 4.90 Å². The largest absolute Gasteiger partial charge is 0.493 e. The SMILES string of the molecule is COc1ccc(-c2cc3ccc(OCCN4CC(C)OC(C)C4)cc3oc2=O)cc1OC. The predicted molar refractivity (Wildman–Crippen MR) is 123 cm³/mol. The molecule has 1 aliphatic heterocycles. The molecule has 1 aromatic heterocycles. The molecule has 4 rings (SSSR count). The van der Waals surface area contributed by atoms with Gasteiger partial charge < -0.3 is 23.4 Å². The first-order valence-electron chi connectivity index (χ1n) is 10.8. The van der Waals surface area contributed by atoms with Crippen molar-refractivity contribution in [3.8, 4) is 28.4 Å². The first-order chi connectivity index (χ1) is 15.5. The molecule has 0 bridgehead atoms. The maximum Gasteiger partial charge on any atom is 0.344 e. The number of hydrogen-bond donors (Lipinski definition) is 0. The van der Waals surface area contributed by atoms with Crippen LogP contribution in [0.3, 0.4) is 0 Å². The summed E-state index contributed by atoms with van der Waals surface area (Å²) in [6.45, 7) is 7.35. The Morgan fingerprint density at radius 2 is 1.72 bits per heavy atom. The number of benzene rings is 2. The van der Waals surface area contributed by atoms with Crippen LogP contribution in [0.5, 0.6) is 17.2 Å². The van der Waals surface area contributed by atoms with E-state index in [0.717, 1.165) is 25.0 Å². The third kappa shape index (κ3) is 4.89. The molecule has 32 heavy (non-hydrogen) atoms. The van der Waals surface area contributed by atoms with E-state index in [1.807, 2.05) is 24.3 Å². The van der Waals surface area contributed by atoms with Crippen molar-refractivity contribution in [3.63, 3.8) is 0 Å². The number of ether oxygens (including phenoxy) is 4. The Bertz CT molecular complexity index is 1130. The van der Waals surface area contributed by atoms with Crippen molar-refractivity contribution >= 4 is 11.0 Å². The minimum atomic E-state index is -0.418. The zero-order valence-electron chi connectivity index (χ0n) is 18.9. The van der Waals surface area contributed by atoms with Crippen LogP contribution in [-0.2, 0) is 4.74 Å². The van der Waals surface area contributed by atoms with Gasteiger partial charge in [0.05, 0.1) is 32.0 Å². The smallest absolute Gasteiger partial charge is 0.344 e. The van der Waals surface area contributed by atoms with E-state index < -0.39 is 5.63 Å². The topological polar surface area (TPSA) is 70.4 Å². The van der Waals surface area contributed by atoms with Gasteiger partial charge in [-0.3, -0.25) is 4.90 Å². The van der Waals surface area contributed by atoms with Crippen LogP contribution >= 0.6 is 0 Å². The Hall–Kier alpha value is -3.03. The summed E-state index contributed by atoms with van der Waals surface area (Å²) < 4.78 is 27.9. The van der Waals surface area contributed by atoms with E-state index in [0.29, 0.717) is 40.6 Å². The second-order valence-electron chi connectivity index (χ2n) is 8.08. The highest BCUT2D eigenvalue weighted by atomic mass is 16.5. The predicted octanol–water partition coefficient (Wildman–Crippen LogP) is 3.97. The van der Waals surface area contributed by atoms with Crippen molar-refractivity contribution in [2.45, 2.75) is 26.1 Å². The fourth-order valence-electron chi connectivity index (χ4n) is 4.15. The lowest BCUT2D eigenvalue weighted by atomic mass is 10.1. The van der Waals surface area contributed by atoms with Gasteiger partial charge in [0, 0.05) is 31.1 Å². The molecule has 0 N–H and O–H groups in total. The van der Waals surface area contributed by atoms with Crippen LogP contribution in [0.4, 0.5) is 0 Å². The highest BCUT2D eigenvalue weighted by molar-refractivity contribution is 5.83. The third-order valence-corrected chi connectivity index (χ3v) is 5.57. The highest BCUT2D eigenvalue weighted by Crippen LogP contribution is 2.32. The second kappa shape index (κ2) is 9.63. The molecule has 2 heterocycles. The Labute approximate surface area is 187 Å². The van der Waals surface area contributed by atoms with Crippen molar-refractivity contribution in [1.29, 1.82) is 0 Å². The lowest BCUT2D eigenvalue weighted by molar-refractivity contribution is -0.0699. The summed E-state index contributed by atoms with van der Waals surface area (Å²) in [5.74, 6) is 1.83. The molecule has 2 unspecified atom stereocenters. The summed E-state index contributed by atoms with van der Waals surface area (Å²) >= 11 is 0. The summed E-state index contributed by atoms with van der Waals surface area (Å²) in [4.78, 5) is 15.0. The van der Waals surface area contributed by atoms with Gasteiger partial charge in [-0.15, -0.1) is 0 Å². The lowest BCUT2D eigenvalue weighted by Crippen LogP contribution is -2.46. The zero-order chi connectivity index (χ0) is 22.7. The second-order valence-corrected chi connectivity index (χ2v) is 8.08. The van der Waals surface area contributed by atoms with Crippen LogP contribution in [0.2, 0.25) is 0 Å². The van der Waals surface area contributed by atoms with Gasteiger partial charge in [0.2, 0.25) is 0 Å². The van der Waals surface area contributed by atoms with Gasteiger partial charge in [0.1, 0.15) is 17.9 Å². The number of fused-ring (bicyclic) bond motifs is 1. The Kier molecular flexibility index (Phi) is 6.67. The van der Waals surface area contributed by atoms with Crippen molar-refractivity contribution in [2.24, 2.45) is 0 Å². The normalized spacial score (nSPS) is 19.1. The highest BCUT2D eigenvalue weighted by Gasteiger charge is 2.21. The summed E-state index contributed by atoms with van der Waals surface area (Å²) in [5, 5.41) is 0.817. The Morgan fingerprint density at radius 3 is 2.44 bits per heavy atom. The molecule has 0 saturated carbocycles. The van der Waals surface area contributed by atoms with Gasteiger partial charge >= 0.3 is 5.63 Å². The summed E-state index contributed by atoms with van der Waals surface area (Å²) in [6.07, 6.45) is 0.460. The van der Waals surface area contributed by atoms with Crippen LogP contribution in [0.25, 0.3) is 22.1 Å². The number of methoxy groups -OCH3 is 2. The fraction of sp³-hybridized carbons (Fsp3) is 0.400. The van der Waals surface area contributed by atoms with Crippen molar-refractivity contribution in [3.05, 3.63) is 52.9 Å². The average Bonchev–Trinajstić information content (AvgIpc) is 2.77. The van der Waals surface area contributed by atoms with Gasteiger partial charge in [0.15, 0.2) is 11.5 Å². The number of nitrogens with zero attached hydrogens (tertiary/aromatic N) is 1. The quantitative estimate of drug-likeness (QED) is 0.516. The van der Waals surface area contributed by atoms with Crippen LogP contribution in [0.1, 0.15) is 13.8 Å². The zero-order valence-corrected chi connectivity index (χ0v) is 18.9. The van der Waals surface area contributed by atoms with E-state index in [2.05, 4.69) is 18.7 Å². The van der Waals surface area contributed by atoms with Gasteiger partial charge in [-0.2, -0.15) is 0 Å². The fourth-order valence-corrected chi connectivity index (χ4v) is 4.15. The standard InChI is InChI=1S/C25H29NO6/c1-16-14-26(15-17(2)31-16)9-10-30-20-7-5-19-11-21(25(27)32-23(19)13-20)18-6-8-22(28-3)24(12-18)29-4/h5-8,11-13,16-17H,9-10,14-15H2,1-4H3. The van der Waals surface area contributed by atoms with Crippen LogP contribution < -0.4 is 19.8 Å². The Balaban J connectivity index is 1.49. The maximum absolute atomic E-state index is 12.7. The van der Waals surface area contributed by atoms with Crippen molar-refractivity contribution in [2.75, 3.05) is 40.5 Å². The average molecular weight is 440 g/mol. The summed E-state index contributed by atoms with van der Waals surface area (Å²) in [5.41, 5.74) is 1.23. The van der Waals surface area contributed by atoms with Gasteiger partial charge in [-0.1, -0.05) is 6.07 Å². The van der Waals surface area contributed by atoms with E-state index in [4.69, 9.17) is 23.4 Å². The Morgan fingerprint density at radius 1 is 0.969 bits per heavy atom. The van der Waals surface area contributed by atoms with Crippen LogP contribution in [0.15, 0.2) is 51.7 Å². The molecular formula is C25H29NO6. The number of hydrogen-bond acceptors (Lipinski definition) is 7. The summed E-state index contributed by atoms with van der Waals surface area (Å²) in [7, 11) is 3.13. The summed E-state index contributed by atoms with van der Waals surface area (Å²) in [6, 6.07) is 12.7. The monoisotopic (exact) mass is 439 g/mol. The minimum Gasteiger partial charge on any atom is -0.493 e. The first-order valence-corrected chi connectivity index (χ1v) is 10.8. The van der Waals surface area contributed by atoms with Crippen LogP contribution in [0, 0.1) is 0 Å². The molecular weight excluding hydrogens is 410 g/mol. The minimum absolute atomic E-state index is 0.230. The van der Waals surface area contributed by atoms with Crippen LogP contribution in [-0.4, -0.2) is 57.6 Å². The van der Waals surface area contributed by atoms with E-state index in [-0.39, 0.29) is 12.2 Å². The van der Waals surface area contributed by atoms with E-state index in [1.165, 1.54) is 0 Å². The molecule has 2 atom stereocenters. The third-order valence-electron chi connectivity index (χ3n) is 5.57. The number of rotatable bonds is 7. The van der Waals surface area contributed by atoms with E-state index >= 15 is 0 Å². The molecule has 0 radical (unpaired) electrons. The van der Waals surface area contributed by atoms with E-state index in [9.17, 15) is 4.79 Å². The lowest BCUT2D eigenvalue weighted by Gasteiger charge is -2.35. The first kappa shape index (κ1) is 22.2.